The van der Waals surface area contributed by atoms with E-state index in [4.69, 9.17) is 11.6 Å². The second-order valence-corrected chi connectivity index (χ2v) is 8.25. The Bertz CT molecular complexity index is 1160. The Morgan fingerprint density at radius 1 is 0.897 bits per heavy atom. The summed E-state index contributed by atoms with van der Waals surface area (Å²) in [5, 5.41) is 7.24. The zero-order valence-corrected chi connectivity index (χ0v) is 17.0. The molecule has 0 aliphatic heterocycles. The Kier molecular flexibility index (Phi) is 6.31. The zero-order valence-electron chi connectivity index (χ0n) is 15.5. The van der Waals surface area contributed by atoms with Crippen molar-refractivity contribution in [1.82, 2.24) is 4.83 Å². The summed E-state index contributed by atoms with van der Waals surface area (Å²) in [4.78, 5) is 14.7. The molecule has 0 saturated heterocycles. The summed E-state index contributed by atoms with van der Waals surface area (Å²) in [5.74, 6) is -0.302. The highest BCUT2D eigenvalue weighted by Crippen LogP contribution is 2.16. The highest BCUT2D eigenvalue weighted by atomic mass is 35.5. The van der Waals surface area contributed by atoms with Crippen LogP contribution in [0.15, 0.2) is 88.9 Å². The zero-order chi connectivity index (χ0) is 20.9. The number of rotatable bonds is 6. The molecule has 3 aromatic rings. The van der Waals surface area contributed by atoms with Crippen molar-refractivity contribution >= 4 is 38.9 Å². The van der Waals surface area contributed by atoms with E-state index in [1.54, 1.807) is 73.7 Å². The van der Waals surface area contributed by atoms with Crippen molar-refractivity contribution in [3.05, 3.63) is 95.0 Å². The van der Waals surface area contributed by atoms with Crippen molar-refractivity contribution in [2.24, 2.45) is 5.10 Å². The lowest BCUT2D eigenvalue weighted by Gasteiger charge is -2.09. The molecule has 2 N–H and O–H groups in total. The number of hydrazone groups is 1. The third-order valence-corrected chi connectivity index (χ3v) is 5.47. The number of sulfonamides is 1. The largest absolute Gasteiger partial charge is 0.322 e. The molecular weight excluding hydrogens is 410 g/mol. The van der Waals surface area contributed by atoms with Crippen LogP contribution in [-0.2, 0) is 10.0 Å². The lowest BCUT2D eigenvalue weighted by Crippen LogP contribution is -2.20. The van der Waals surface area contributed by atoms with E-state index in [0.29, 0.717) is 27.5 Å². The number of carbonyl (C=O) groups is 1. The van der Waals surface area contributed by atoms with E-state index in [1.165, 1.54) is 12.1 Å². The van der Waals surface area contributed by atoms with Gasteiger partial charge in [-0.05, 0) is 55.0 Å². The number of nitrogens with one attached hydrogen (secondary N) is 2. The molecule has 0 unspecified atom stereocenters. The second-order valence-electron chi connectivity index (χ2n) is 6.15. The molecule has 3 aromatic carbocycles. The Hall–Kier alpha value is -3.16. The smallest absolute Gasteiger partial charge is 0.276 e. The minimum absolute atomic E-state index is 0.124. The molecule has 148 valence electrons. The van der Waals surface area contributed by atoms with Gasteiger partial charge in [0.15, 0.2) is 0 Å². The summed E-state index contributed by atoms with van der Waals surface area (Å²) in [6.07, 6.45) is 0. The van der Waals surface area contributed by atoms with Crippen molar-refractivity contribution in [3.63, 3.8) is 0 Å². The number of halogens is 1. The van der Waals surface area contributed by atoms with Crippen molar-refractivity contribution in [2.75, 3.05) is 5.32 Å². The van der Waals surface area contributed by atoms with Crippen molar-refractivity contribution < 1.29 is 13.2 Å². The number of carbonyl (C=O) groups excluding carboxylic acids is 1. The summed E-state index contributed by atoms with van der Waals surface area (Å²) < 4.78 is 24.6. The topological polar surface area (TPSA) is 87.6 Å². The van der Waals surface area contributed by atoms with E-state index in [-0.39, 0.29) is 10.8 Å². The number of hydrogen-bond donors (Lipinski definition) is 2. The summed E-state index contributed by atoms with van der Waals surface area (Å²) >= 11 is 5.92. The molecule has 0 saturated carbocycles. The van der Waals surface area contributed by atoms with Crippen LogP contribution in [0.2, 0.25) is 5.02 Å². The van der Waals surface area contributed by atoms with Crippen LogP contribution in [0, 0.1) is 0 Å². The summed E-state index contributed by atoms with van der Waals surface area (Å²) in [6.45, 7) is 1.67. The van der Waals surface area contributed by atoms with Gasteiger partial charge in [0.1, 0.15) is 0 Å². The fourth-order valence-corrected chi connectivity index (χ4v) is 3.57. The van der Waals surface area contributed by atoms with Crippen LogP contribution in [0.1, 0.15) is 22.8 Å². The Labute approximate surface area is 174 Å². The van der Waals surface area contributed by atoms with Crippen LogP contribution >= 0.6 is 11.6 Å². The number of nitrogens with zero attached hydrogens (tertiary/aromatic N) is 1. The third-order valence-electron chi connectivity index (χ3n) is 4.01. The molecule has 8 heteroatoms. The van der Waals surface area contributed by atoms with Crippen LogP contribution in [0.4, 0.5) is 5.69 Å². The van der Waals surface area contributed by atoms with Crippen LogP contribution in [0.5, 0.6) is 0 Å². The number of hydrogen-bond acceptors (Lipinski definition) is 4. The first-order chi connectivity index (χ1) is 13.8. The van der Waals surface area contributed by atoms with Gasteiger partial charge in [-0.3, -0.25) is 4.79 Å². The molecule has 0 aliphatic carbocycles. The molecule has 0 aliphatic rings. The van der Waals surface area contributed by atoms with Crippen molar-refractivity contribution in [1.29, 1.82) is 0 Å². The summed E-state index contributed by atoms with van der Waals surface area (Å²) in [5.41, 5.74) is 2.09. The van der Waals surface area contributed by atoms with E-state index in [0.717, 1.165) is 0 Å². The van der Waals surface area contributed by atoms with Gasteiger partial charge in [-0.1, -0.05) is 48.0 Å². The van der Waals surface area contributed by atoms with Gasteiger partial charge in [0.05, 0.1) is 10.6 Å². The Balaban J connectivity index is 1.74. The molecule has 0 atom stereocenters. The molecule has 1 amide bonds. The van der Waals surface area contributed by atoms with E-state index in [2.05, 4.69) is 15.2 Å². The third kappa shape index (κ3) is 5.43. The molecule has 29 heavy (non-hydrogen) atoms. The molecule has 0 spiro atoms. The lowest BCUT2D eigenvalue weighted by atomic mass is 10.1. The molecule has 6 nitrogen and oxygen atoms in total. The van der Waals surface area contributed by atoms with Crippen LogP contribution in [-0.4, -0.2) is 20.0 Å². The molecular formula is C21H18ClN3O3S. The van der Waals surface area contributed by atoms with Crippen molar-refractivity contribution in [3.8, 4) is 0 Å². The van der Waals surface area contributed by atoms with Crippen LogP contribution in [0.3, 0.4) is 0 Å². The molecule has 0 bridgehead atoms. The highest BCUT2D eigenvalue weighted by molar-refractivity contribution is 7.89. The van der Waals surface area contributed by atoms with E-state index >= 15 is 0 Å². The number of benzene rings is 3. The minimum Gasteiger partial charge on any atom is -0.322 e. The second kappa shape index (κ2) is 8.89. The van der Waals surface area contributed by atoms with Gasteiger partial charge in [0, 0.05) is 16.3 Å². The van der Waals surface area contributed by atoms with E-state index in [9.17, 15) is 13.2 Å². The predicted molar refractivity (Wildman–Crippen MR) is 115 cm³/mol. The van der Waals surface area contributed by atoms with E-state index < -0.39 is 10.0 Å². The van der Waals surface area contributed by atoms with Gasteiger partial charge in [-0.25, -0.2) is 0 Å². The van der Waals surface area contributed by atoms with Crippen molar-refractivity contribution in [2.45, 2.75) is 11.8 Å². The van der Waals surface area contributed by atoms with Gasteiger partial charge in [-0.2, -0.15) is 18.4 Å². The predicted octanol–water partition coefficient (Wildman–Crippen LogP) is 4.29. The fraction of sp³-hybridized carbons (Fsp3) is 0.0476. The standard InChI is InChI=1S/C21H18ClN3O3S/c1-15(24-25-29(27,28)20-11-3-2-4-12-20)16-7-6-10-19(14-16)23-21(26)17-8-5-9-18(22)13-17/h2-14,25H,1H3,(H,23,26)/b24-15+. The maximum atomic E-state index is 12.4. The van der Waals surface area contributed by atoms with Gasteiger partial charge < -0.3 is 5.32 Å². The number of amides is 1. The van der Waals surface area contributed by atoms with Gasteiger partial charge >= 0.3 is 0 Å². The van der Waals surface area contributed by atoms with Gasteiger partial charge in [0.25, 0.3) is 15.9 Å². The first-order valence-electron chi connectivity index (χ1n) is 8.64. The Morgan fingerprint density at radius 2 is 1.59 bits per heavy atom. The maximum absolute atomic E-state index is 12.4. The molecule has 0 aromatic heterocycles. The first kappa shape index (κ1) is 20.6. The molecule has 0 radical (unpaired) electrons. The molecule has 0 fully saturated rings. The minimum atomic E-state index is -3.75. The maximum Gasteiger partial charge on any atom is 0.276 e. The highest BCUT2D eigenvalue weighted by Gasteiger charge is 2.12. The van der Waals surface area contributed by atoms with Crippen LogP contribution in [0.25, 0.3) is 0 Å². The lowest BCUT2D eigenvalue weighted by molar-refractivity contribution is 0.102. The molecule has 0 heterocycles. The van der Waals surface area contributed by atoms with E-state index in [1.807, 2.05) is 0 Å². The summed E-state index contributed by atoms with van der Waals surface area (Å²) in [6, 6.07) is 21.5. The van der Waals surface area contributed by atoms with Crippen LogP contribution < -0.4 is 10.1 Å². The van der Waals surface area contributed by atoms with Gasteiger partial charge in [-0.15, -0.1) is 0 Å². The normalized spacial score (nSPS) is 11.7. The fourth-order valence-electron chi connectivity index (χ4n) is 2.50. The average Bonchev–Trinajstić information content (AvgIpc) is 2.73. The quantitative estimate of drug-likeness (QED) is 0.454. The number of anilines is 1. The average molecular weight is 428 g/mol. The van der Waals surface area contributed by atoms with Gasteiger partial charge in [0.2, 0.25) is 0 Å². The summed E-state index contributed by atoms with van der Waals surface area (Å²) in [7, 11) is -3.75. The molecule has 3 rings (SSSR count). The SMILES string of the molecule is C/C(=N\NS(=O)(=O)c1ccccc1)c1cccc(NC(=O)c2cccc(Cl)c2)c1. The monoisotopic (exact) mass is 427 g/mol. The Morgan fingerprint density at radius 3 is 2.31 bits per heavy atom. The first-order valence-corrected chi connectivity index (χ1v) is 10.5.